The summed E-state index contributed by atoms with van der Waals surface area (Å²) in [5.74, 6) is 0.876. The third-order valence-corrected chi connectivity index (χ3v) is 3.55. The maximum absolute atomic E-state index is 5.74. The summed E-state index contributed by atoms with van der Waals surface area (Å²) in [6.45, 7) is 4.69. The number of ether oxygens (including phenoxy) is 3. The highest BCUT2D eigenvalue weighted by Crippen LogP contribution is 2.28. The Labute approximate surface area is 115 Å². The number of rotatable bonds is 5. The van der Waals surface area contributed by atoms with E-state index in [0.717, 1.165) is 37.4 Å². The molecule has 1 fully saturated rings. The summed E-state index contributed by atoms with van der Waals surface area (Å²) in [6, 6.07) is 6.27. The van der Waals surface area contributed by atoms with Crippen molar-refractivity contribution in [1.29, 1.82) is 0 Å². The van der Waals surface area contributed by atoms with E-state index in [4.69, 9.17) is 14.2 Å². The molecule has 4 nitrogen and oxygen atoms in total. The zero-order chi connectivity index (χ0) is 13.7. The van der Waals surface area contributed by atoms with Crippen LogP contribution in [0.1, 0.15) is 24.2 Å². The summed E-state index contributed by atoms with van der Waals surface area (Å²) in [7, 11) is 3.40. The van der Waals surface area contributed by atoms with Crippen LogP contribution in [0.25, 0.3) is 0 Å². The predicted octanol–water partition coefficient (Wildman–Crippen LogP) is 1.93. The lowest BCUT2D eigenvalue weighted by molar-refractivity contribution is 0.0291. The third kappa shape index (κ3) is 3.69. The van der Waals surface area contributed by atoms with Gasteiger partial charge in [-0.05, 0) is 31.0 Å². The van der Waals surface area contributed by atoms with Crippen molar-refractivity contribution in [3.63, 3.8) is 0 Å². The van der Waals surface area contributed by atoms with Gasteiger partial charge in [-0.25, -0.2) is 0 Å². The predicted molar refractivity (Wildman–Crippen MR) is 74.7 cm³/mol. The number of methoxy groups -OCH3 is 2. The van der Waals surface area contributed by atoms with Gasteiger partial charge in [-0.15, -0.1) is 0 Å². The number of hydrogen-bond donors (Lipinski definition) is 1. The Kier molecular flexibility index (Phi) is 5.19. The molecule has 0 amide bonds. The number of benzene rings is 1. The molecule has 1 aliphatic heterocycles. The maximum Gasteiger partial charge on any atom is 0.124 e. The highest BCUT2D eigenvalue weighted by atomic mass is 16.5. The van der Waals surface area contributed by atoms with E-state index in [0.29, 0.717) is 0 Å². The SMILES string of the molecule is COc1ccc(C[C@@H]2CNCCO2)cc1C(C)OC. The minimum Gasteiger partial charge on any atom is -0.496 e. The molecule has 1 saturated heterocycles. The first-order chi connectivity index (χ1) is 9.24. The fourth-order valence-electron chi connectivity index (χ4n) is 2.37. The van der Waals surface area contributed by atoms with E-state index < -0.39 is 0 Å². The van der Waals surface area contributed by atoms with E-state index >= 15 is 0 Å². The van der Waals surface area contributed by atoms with Crippen molar-refractivity contribution in [2.75, 3.05) is 33.9 Å². The normalized spacial score (nSPS) is 21.1. The van der Waals surface area contributed by atoms with Gasteiger partial charge < -0.3 is 19.5 Å². The lowest BCUT2D eigenvalue weighted by Crippen LogP contribution is -2.39. The molecule has 4 heteroatoms. The molecule has 0 radical (unpaired) electrons. The number of hydrogen-bond acceptors (Lipinski definition) is 4. The molecular formula is C15H23NO3. The molecule has 0 spiro atoms. The standard InChI is InChI=1S/C15H23NO3/c1-11(17-2)14-9-12(4-5-15(14)18-3)8-13-10-16-6-7-19-13/h4-5,9,11,13,16H,6-8,10H2,1-3H3/t11?,13-/m1/s1. The van der Waals surface area contributed by atoms with Crippen LogP contribution in [-0.4, -0.2) is 40.0 Å². The second-order valence-corrected chi connectivity index (χ2v) is 4.86. The van der Waals surface area contributed by atoms with Crippen molar-refractivity contribution in [3.8, 4) is 5.75 Å². The molecular weight excluding hydrogens is 242 g/mol. The van der Waals surface area contributed by atoms with Gasteiger partial charge in [0, 0.05) is 25.8 Å². The van der Waals surface area contributed by atoms with E-state index in [9.17, 15) is 0 Å². The lowest BCUT2D eigenvalue weighted by Gasteiger charge is -2.24. The summed E-state index contributed by atoms with van der Waals surface area (Å²) in [4.78, 5) is 0. The highest BCUT2D eigenvalue weighted by molar-refractivity contribution is 5.39. The van der Waals surface area contributed by atoms with Gasteiger partial charge in [0.25, 0.3) is 0 Å². The summed E-state index contributed by atoms with van der Waals surface area (Å²) in [6.07, 6.45) is 1.20. The minimum atomic E-state index is 0.0281. The Morgan fingerprint density at radius 1 is 1.42 bits per heavy atom. The van der Waals surface area contributed by atoms with E-state index in [1.54, 1.807) is 14.2 Å². The minimum absolute atomic E-state index is 0.0281. The molecule has 1 aromatic rings. The van der Waals surface area contributed by atoms with Crippen LogP contribution in [0.3, 0.4) is 0 Å². The third-order valence-electron chi connectivity index (χ3n) is 3.55. The van der Waals surface area contributed by atoms with Crippen molar-refractivity contribution in [3.05, 3.63) is 29.3 Å². The first kappa shape index (κ1) is 14.3. The maximum atomic E-state index is 5.74. The first-order valence-electron chi connectivity index (χ1n) is 6.76. The molecule has 2 rings (SSSR count). The molecule has 0 bridgehead atoms. The van der Waals surface area contributed by atoms with Crippen LogP contribution in [0.4, 0.5) is 0 Å². The smallest absolute Gasteiger partial charge is 0.124 e. The van der Waals surface area contributed by atoms with Crippen molar-refractivity contribution in [1.82, 2.24) is 5.32 Å². The average molecular weight is 265 g/mol. The van der Waals surface area contributed by atoms with Gasteiger partial charge in [0.1, 0.15) is 5.75 Å². The Morgan fingerprint density at radius 3 is 2.89 bits per heavy atom. The molecule has 1 N–H and O–H groups in total. The second kappa shape index (κ2) is 6.89. The zero-order valence-electron chi connectivity index (χ0n) is 11.9. The van der Waals surface area contributed by atoms with Crippen molar-refractivity contribution < 1.29 is 14.2 Å². The molecule has 1 heterocycles. The lowest BCUT2D eigenvalue weighted by atomic mass is 10.0. The molecule has 0 saturated carbocycles. The molecule has 106 valence electrons. The van der Waals surface area contributed by atoms with Crippen LogP contribution in [0.15, 0.2) is 18.2 Å². The summed E-state index contributed by atoms with van der Waals surface area (Å²) >= 11 is 0. The Morgan fingerprint density at radius 2 is 2.26 bits per heavy atom. The molecule has 1 aliphatic rings. The van der Waals surface area contributed by atoms with Crippen LogP contribution in [-0.2, 0) is 15.9 Å². The van der Waals surface area contributed by atoms with Gasteiger partial charge in [-0.1, -0.05) is 6.07 Å². The van der Waals surface area contributed by atoms with Crippen molar-refractivity contribution in [2.45, 2.75) is 25.6 Å². The summed E-state index contributed by atoms with van der Waals surface area (Å²) in [5.41, 5.74) is 2.35. The van der Waals surface area contributed by atoms with Gasteiger partial charge in [-0.2, -0.15) is 0 Å². The number of nitrogens with one attached hydrogen (secondary N) is 1. The highest BCUT2D eigenvalue weighted by Gasteiger charge is 2.16. The van der Waals surface area contributed by atoms with E-state index in [2.05, 4.69) is 17.4 Å². The topological polar surface area (TPSA) is 39.7 Å². The van der Waals surface area contributed by atoms with Gasteiger partial charge >= 0.3 is 0 Å². The summed E-state index contributed by atoms with van der Waals surface area (Å²) in [5, 5.41) is 3.35. The van der Waals surface area contributed by atoms with E-state index in [-0.39, 0.29) is 12.2 Å². The second-order valence-electron chi connectivity index (χ2n) is 4.86. The van der Waals surface area contributed by atoms with Crippen molar-refractivity contribution in [2.24, 2.45) is 0 Å². The Bertz CT molecular complexity index is 402. The van der Waals surface area contributed by atoms with Crippen LogP contribution >= 0.6 is 0 Å². The van der Waals surface area contributed by atoms with Crippen molar-refractivity contribution >= 4 is 0 Å². The monoisotopic (exact) mass is 265 g/mol. The molecule has 0 aliphatic carbocycles. The van der Waals surface area contributed by atoms with Gasteiger partial charge in [0.2, 0.25) is 0 Å². The van der Waals surface area contributed by atoms with Gasteiger partial charge in [-0.3, -0.25) is 0 Å². The van der Waals surface area contributed by atoms with E-state index in [1.165, 1.54) is 5.56 Å². The molecule has 1 aromatic carbocycles. The molecule has 2 atom stereocenters. The Balaban J connectivity index is 2.12. The van der Waals surface area contributed by atoms with Crippen LogP contribution < -0.4 is 10.1 Å². The van der Waals surface area contributed by atoms with E-state index in [1.807, 2.05) is 13.0 Å². The average Bonchev–Trinajstić information content (AvgIpc) is 2.47. The Hall–Kier alpha value is -1.10. The van der Waals surface area contributed by atoms with Crippen LogP contribution in [0, 0.1) is 0 Å². The van der Waals surface area contributed by atoms with Gasteiger partial charge in [0.05, 0.1) is 25.9 Å². The fourth-order valence-corrected chi connectivity index (χ4v) is 2.37. The molecule has 1 unspecified atom stereocenters. The molecule has 0 aromatic heterocycles. The summed E-state index contributed by atoms with van der Waals surface area (Å²) < 4.78 is 16.5. The van der Waals surface area contributed by atoms with Crippen LogP contribution in [0.5, 0.6) is 5.75 Å². The molecule has 19 heavy (non-hydrogen) atoms. The zero-order valence-corrected chi connectivity index (χ0v) is 11.9. The first-order valence-corrected chi connectivity index (χ1v) is 6.76. The quantitative estimate of drug-likeness (QED) is 0.883. The van der Waals surface area contributed by atoms with Gasteiger partial charge in [0.15, 0.2) is 0 Å². The number of morpholine rings is 1. The van der Waals surface area contributed by atoms with Crippen LogP contribution in [0.2, 0.25) is 0 Å². The largest absolute Gasteiger partial charge is 0.496 e. The fraction of sp³-hybridized carbons (Fsp3) is 0.600.